The number of rotatable bonds is 3. The highest BCUT2D eigenvalue weighted by molar-refractivity contribution is 5.92. The van der Waals surface area contributed by atoms with Crippen molar-refractivity contribution in [1.82, 2.24) is 0 Å². The summed E-state index contributed by atoms with van der Waals surface area (Å²) < 4.78 is 0. The average molecular weight is 225 g/mol. The van der Waals surface area contributed by atoms with Crippen LogP contribution in [0.4, 0.5) is 0 Å². The number of hydrogen-bond acceptors (Lipinski definition) is 5. The van der Waals surface area contributed by atoms with Crippen molar-refractivity contribution in [2.24, 2.45) is 0 Å². The van der Waals surface area contributed by atoms with Crippen LogP contribution in [0.1, 0.15) is 27.0 Å². The molecule has 0 saturated heterocycles. The standard InChI is InChI=1S/C10H11NO5/c1-6-4-7(2)9(8(3)5-6)10(12)15-16-11(13)14/h4-5H,1-3H3. The number of benzene rings is 1. The molecular weight excluding hydrogens is 214 g/mol. The first-order valence-corrected chi connectivity index (χ1v) is 4.53. The first-order chi connectivity index (χ1) is 7.41. The van der Waals surface area contributed by atoms with Gasteiger partial charge in [0, 0.05) is 0 Å². The van der Waals surface area contributed by atoms with Crippen LogP contribution in [0.15, 0.2) is 12.1 Å². The van der Waals surface area contributed by atoms with Crippen LogP contribution in [0.5, 0.6) is 0 Å². The Morgan fingerprint density at radius 3 is 2.19 bits per heavy atom. The van der Waals surface area contributed by atoms with Crippen molar-refractivity contribution in [3.8, 4) is 0 Å². The fourth-order valence-electron chi connectivity index (χ4n) is 1.61. The Labute approximate surface area is 91.8 Å². The van der Waals surface area contributed by atoms with Crippen LogP contribution in [0.2, 0.25) is 0 Å². The van der Waals surface area contributed by atoms with Crippen molar-refractivity contribution in [2.75, 3.05) is 0 Å². The number of hydrogen-bond donors (Lipinski definition) is 0. The van der Waals surface area contributed by atoms with Crippen LogP contribution in [0.25, 0.3) is 0 Å². The van der Waals surface area contributed by atoms with Gasteiger partial charge < -0.3 is 0 Å². The molecule has 0 saturated carbocycles. The lowest BCUT2D eigenvalue weighted by atomic mass is 10.0. The van der Waals surface area contributed by atoms with Gasteiger partial charge in [-0.3, -0.25) is 4.89 Å². The molecule has 0 N–H and O–H groups in total. The molecule has 0 atom stereocenters. The lowest BCUT2D eigenvalue weighted by Crippen LogP contribution is -2.12. The van der Waals surface area contributed by atoms with Crippen molar-refractivity contribution < 1.29 is 19.8 Å². The molecule has 1 aromatic carbocycles. The summed E-state index contributed by atoms with van der Waals surface area (Å²) in [5, 5.41) is 8.68. The predicted octanol–water partition coefficient (Wildman–Crippen LogP) is 1.89. The average Bonchev–Trinajstić information content (AvgIpc) is 2.12. The van der Waals surface area contributed by atoms with Gasteiger partial charge in [0.05, 0.1) is 5.56 Å². The van der Waals surface area contributed by atoms with E-state index >= 15 is 0 Å². The molecule has 0 radical (unpaired) electrons. The molecule has 0 aromatic heterocycles. The molecule has 0 bridgehead atoms. The quantitative estimate of drug-likeness (QED) is 0.446. The SMILES string of the molecule is Cc1cc(C)c(C(=O)OO[N+](=O)[O-])c(C)c1. The zero-order chi connectivity index (χ0) is 12.3. The molecule has 0 spiro atoms. The van der Waals surface area contributed by atoms with E-state index in [1.165, 1.54) is 0 Å². The molecule has 6 heteroatoms. The van der Waals surface area contributed by atoms with Crippen molar-refractivity contribution >= 4 is 5.97 Å². The fraction of sp³-hybridized carbons (Fsp3) is 0.300. The van der Waals surface area contributed by atoms with E-state index in [9.17, 15) is 14.9 Å². The van der Waals surface area contributed by atoms with Crippen LogP contribution in [-0.4, -0.2) is 11.1 Å². The van der Waals surface area contributed by atoms with Gasteiger partial charge in [-0.2, -0.15) is 0 Å². The van der Waals surface area contributed by atoms with Crippen LogP contribution in [-0.2, 0) is 9.88 Å². The minimum Gasteiger partial charge on any atom is -0.255 e. The van der Waals surface area contributed by atoms with Crippen molar-refractivity contribution in [1.29, 1.82) is 0 Å². The van der Waals surface area contributed by atoms with Crippen LogP contribution >= 0.6 is 0 Å². The lowest BCUT2D eigenvalue weighted by molar-refractivity contribution is -0.839. The van der Waals surface area contributed by atoms with E-state index in [0.717, 1.165) is 5.56 Å². The Morgan fingerprint density at radius 1 is 1.25 bits per heavy atom. The van der Waals surface area contributed by atoms with Crippen LogP contribution in [0, 0.1) is 30.9 Å². The zero-order valence-corrected chi connectivity index (χ0v) is 9.14. The molecule has 0 amide bonds. The largest absolute Gasteiger partial charge is 0.374 e. The third-order valence-corrected chi connectivity index (χ3v) is 2.05. The third-order valence-electron chi connectivity index (χ3n) is 2.05. The Morgan fingerprint density at radius 2 is 1.75 bits per heavy atom. The smallest absolute Gasteiger partial charge is 0.255 e. The maximum Gasteiger partial charge on any atom is 0.374 e. The lowest BCUT2D eigenvalue weighted by Gasteiger charge is -2.08. The molecule has 0 aliphatic rings. The molecule has 1 rings (SSSR count). The van der Waals surface area contributed by atoms with Crippen LogP contribution < -0.4 is 0 Å². The molecule has 0 aliphatic heterocycles. The van der Waals surface area contributed by atoms with Gasteiger partial charge in [0.15, 0.2) is 0 Å². The maximum atomic E-state index is 11.5. The van der Waals surface area contributed by atoms with Gasteiger partial charge in [0.25, 0.3) is 0 Å². The summed E-state index contributed by atoms with van der Waals surface area (Å²) in [4.78, 5) is 28.9. The first-order valence-electron chi connectivity index (χ1n) is 4.53. The van der Waals surface area contributed by atoms with E-state index in [1.54, 1.807) is 26.0 Å². The maximum absolute atomic E-state index is 11.5. The molecule has 0 unspecified atom stereocenters. The van der Waals surface area contributed by atoms with E-state index in [4.69, 9.17) is 0 Å². The van der Waals surface area contributed by atoms with Gasteiger partial charge >= 0.3 is 11.1 Å². The Balaban J connectivity index is 2.95. The summed E-state index contributed by atoms with van der Waals surface area (Å²) in [6, 6.07) is 3.57. The molecule has 86 valence electrons. The van der Waals surface area contributed by atoms with Gasteiger partial charge in [0.2, 0.25) is 0 Å². The van der Waals surface area contributed by atoms with E-state index in [1.807, 2.05) is 6.92 Å². The molecule has 1 aromatic rings. The van der Waals surface area contributed by atoms with Crippen molar-refractivity contribution in [2.45, 2.75) is 20.8 Å². The predicted molar refractivity (Wildman–Crippen MR) is 54.1 cm³/mol. The van der Waals surface area contributed by atoms with E-state index in [2.05, 4.69) is 9.88 Å². The summed E-state index contributed by atoms with van der Waals surface area (Å²) in [7, 11) is 0. The molecule has 6 nitrogen and oxygen atoms in total. The summed E-state index contributed by atoms with van der Waals surface area (Å²) in [5.41, 5.74) is 2.66. The third kappa shape index (κ3) is 2.69. The number of carbonyl (C=O) groups excluding carboxylic acids is 1. The van der Waals surface area contributed by atoms with Crippen LogP contribution in [0.3, 0.4) is 0 Å². The fourth-order valence-corrected chi connectivity index (χ4v) is 1.61. The minimum absolute atomic E-state index is 0.285. The van der Waals surface area contributed by atoms with Gasteiger partial charge in [-0.25, -0.2) is 4.79 Å². The van der Waals surface area contributed by atoms with Gasteiger partial charge in [-0.1, -0.05) is 22.7 Å². The highest BCUT2D eigenvalue weighted by Crippen LogP contribution is 2.17. The monoisotopic (exact) mass is 225 g/mol. The minimum atomic E-state index is -1.18. The number of nitrogens with zero attached hydrogens (tertiary/aromatic N) is 1. The Hall–Kier alpha value is -2.11. The second-order valence-corrected chi connectivity index (χ2v) is 3.44. The molecule has 0 fully saturated rings. The van der Waals surface area contributed by atoms with E-state index in [0.29, 0.717) is 11.1 Å². The van der Waals surface area contributed by atoms with Gasteiger partial charge in [-0.05, 0) is 31.9 Å². The first kappa shape index (κ1) is 12.0. The van der Waals surface area contributed by atoms with Gasteiger partial charge in [-0.15, -0.1) is 10.1 Å². The zero-order valence-electron chi connectivity index (χ0n) is 9.14. The Kier molecular flexibility index (Phi) is 3.44. The Bertz CT molecular complexity index is 418. The number of aryl methyl sites for hydroxylation is 3. The molecule has 0 aliphatic carbocycles. The molecule has 16 heavy (non-hydrogen) atoms. The number of carbonyl (C=O) groups is 1. The van der Waals surface area contributed by atoms with E-state index in [-0.39, 0.29) is 5.56 Å². The second kappa shape index (κ2) is 4.61. The normalized spacial score (nSPS) is 9.69. The summed E-state index contributed by atoms with van der Waals surface area (Å²) in [6.07, 6.45) is 0. The summed E-state index contributed by atoms with van der Waals surface area (Å²) >= 11 is 0. The molecular formula is C10H11NO5. The second-order valence-electron chi connectivity index (χ2n) is 3.44. The highest BCUT2D eigenvalue weighted by atomic mass is 17.3. The van der Waals surface area contributed by atoms with Crippen molar-refractivity contribution in [3.05, 3.63) is 44.5 Å². The summed E-state index contributed by atoms with van der Waals surface area (Å²) in [5.74, 6) is -0.869. The topological polar surface area (TPSA) is 78.7 Å². The van der Waals surface area contributed by atoms with E-state index < -0.39 is 11.1 Å². The highest BCUT2D eigenvalue weighted by Gasteiger charge is 2.16. The summed E-state index contributed by atoms with van der Waals surface area (Å²) in [6.45, 7) is 5.34. The molecule has 0 heterocycles. The van der Waals surface area contributed by atoms with Gasteiger partial charge in [0.1, 0.15) is 0 Å². The van der Waals surface area contributed by atoms with Crippen molar-refractivity contribution in [3.63, 3.8) is 0 Å².